The van der Waals surface area contributed by atoms with Gasteiger partial charge in [-0.25, -0.2) is 4.98 Å². The minimum absolute atomic E-state index is 0.127. The highest BCUT2D eigenvalue weighted by Gasteiger charge is 2.45. The lowest BCUT2D eigenvalue weighted by atomic mass is 9.65. The Bertz CT molecular complexity index is 706. The van der Waals surface area contributed by atoms with E-state index in [0.29, 0.717) is 0 Å². The van der Waals surface area contributed by atoms with Gasteiger partial charge in [-0.1, -0.05) is 12.8 Å². The third kappa shape index (κ3) is 1.84. The van der Waals surface area contributed by atoms with E-state index in [-0.39, 0.29) is 12.0 Å². The van der Waals surface area contributed by atoms with Gasteiger partial charge >= 0.3 is 0 Å². The van der Waals surface area contributed by atoms with Crippen molar-refractivity contribution in [3.8, 4) is 0 Å². The summed E-state index contributed by atoms with van der Waals surface area (Å²) in [5.74, 6) is 0.127. The molecule has 0 saturated heterocycles. The van der Waals surface area contributed by atoms with Gasteiger partial charge in [0.2, 0.25) is 0 Å². The molecular weight excluding hydrogens is 264 g/mol. The highest BCUT2D eigenvalue weighted by atomic mass is 16.3. The molecule has 0 spiro atoms. The number of pyridine rings is 1. The van der Waals surface area contributed by atoms with Crippen molar-refractivity contribution in [2.45, 2.75) is 37.2 Å². The lowest BCUT2D eigenvalue weighted by Crippen LogP contribution is -2.45. The van der Waals surface area contributed by atoms with Gasteiger partial charge in [0.05, 0.1) is 11.5 Å². The van der Waals surface area contributed by atoms with E-state index < -0.39 is 5.41 Å². The number of H-pyrrole nitrogens is 1. The van der Waals surface area contributed by atoms with Crippen LogP contribution < -0.4 is 0 Å². The van der Waals surface area contributed by atoms with E-state index in [9.17, 15) is 5.11 Å². The van der Waals surface area contributed by atoms with Crippen molar-refractivity contribution in [2.75, 3.05) is 0 Å². The Labute approximate surface area is 122 Å². The number of fused-ring (bicyclic) bond motifs is 1. The molecule has 1 fully saturated rings. The molecule has 2 aromatic heterocycles. The molecule has 1 aliphatic carbocycles. The molecule has 0 radical (unpaired) electrons. The first-order chi connectivity index (χ1) is 10.3. The lowest BCUT2D eigenvalue weighted by Gasteiger charge is -2.39. The minimum atomic E-state index is -0.413. The molecule has 0 amide bonds. The van der Waals surface area contributed by atoms with Gasteiger partial charge in [-0.15, -0.1) is 0 Å². The van der Waals surface area contributed by atoms with Gasteiger partial charge in [0.15, 0.2) is 0 Å². The molecule has 2 aliphatic rings. The largest absolute Gasteiger partial charge is 0.393 e. The van der Waals surface area contributed by atoms with Crippen LogP contribution in [0.15, 0.2) is 34.7 Å². The molecule has 5 heteroatoms. The first kappa shape index (κ1) is 12.7. The number of aromatic nitrogens is 2. The summed E-state index contributed by atoms with van der Waals surface area (Å²) >= 11 is 0. The zero-order chi connectivity index (χ0) is 14.3. The van der Waals surface area contributed by atoms with E-state index in [1.165, 1.54) is 0 Å². The summed E-state index contributed by atoms with van der Waals surface area (Å²) in [4.78, 5) is 7.51. The second-order valence-corrected chi connectivity index (χ2v) is 5.98. The van der Waals surface area contributed by atoms with E-state index in [1.807, 2.05) is 37.0 Å². The van der Waals surface area contributed by atoms with Crippen LogP contribution in [0.3, 0.4) is 0 Å². The average molecular weight is 282 g/mol. The van der Waals surface area contributed by atoms with Gasteiger partial charge in [-0.3, -0.25) is 0 Å². The Kier molecular flexibility index (Phi) is 2.89. The van der Waals surface area contributed by atoms with Gasteiger partial charge < -0.3 is 10.1 Å². The summed E-state index contributed by atoms with van der Waals surface area (Å²) in [7, 11) is 0. The van der Waals surface area contributed by atoms with Crippen molar-refractivity contribution in [2.24, 2.45) is 16.1 Å². The molecule has 2 unspecified atom stereocenters. The van der Waals surface area contributed by atoms with Crippen molar-refractivity contribution in [3.05, 3.63) is 30.1 Å². The van der Waals surface area contributed by atoms with Crippen LogP contribution >= 0.6 is 0 Å². The van der Waals surface area contributed by atoms with Crippen LogP contribution in [0.4, 0.5) is 0 Å². The average Bonchev–Trinajstić information content (AvgIpc) is 3.17. The molecule has 2 N–H and O–H groups in total. The fourth-order valence-corrected chi connectivity index (χ4v) is 3.83. The van der Waals surface area contributed by atoms with E-state index >= 15 is 0 Å². The second kappa shape index (κ2) is 4.77. The van der Waals surface area contributed by atoms with E-state index in [0.717, 1.165) is 42.3 Å². The molecule has 2 atom stereocenters. The summed E-state index contributed by atoms with van der Waals surface area (Å²) in [6, 6.07) is 4.06. The Morgan fingerprint density at radius 2 is 1.95 bits per heavy atom. The maximum Gasteiger partial charge on any atom is 0.137 e. The Balaban J connectivity index is 1.90. The topological polar surface area (TPSA) is 73.6 Å². The van der Waals surface area contributed by atoms with E-state index in [1.54, 1.807) is 0 Å². The Morgan fingerprint density at radius 3 is 2.76 bits per heavy atom. The third-order valence-corrected chi connectivity index (χ3v) is 4.88. The van der Waals surface area contributed by atoms with Crippen molar-refractivity contribution >= 4 is 23.5 Å². The van der Waals surface area contributed by atoms with Crippen LogP contribution in [-0.4, -0.2) is 33.6 Å². The first-order valence-corrected chi connectivity index (χ1v) is 7.50. The summed E-state index contributed by atoms with van der Waals surface area (Å²) in [5.41, 5.74) is 1.58. The summed E-state index contributed by atoms with van der Waals surface area (Å²) in [6.45, 7) is 0. The molecule has 0 bridgehead atoms. The maximum atomic E-state index is 10.5. The SMILES string of the molecule is OC1CCCCC1C1(c2ccnc3[nH]ccc23)C=NN=C1. The molecule has 1 saturated carbocycles. The number of aliphatic hydroxyl groups is 1. The number of rotatable bonds is 2. The van der Waals surface area contributed by atoms with Crippen LogP contribution in [0, 0.1) is 5.92 Å². The lowest BCUT2D eigenvalue weighted by molar-refractivity contribution is 0.0575. The van der Waals surface area contributed by atoms with Crippen LogP contribution in [-0.2, 0) is 5.41 Å². The Morgan fingerprint density at radius 1 is 1.14 bits per heavy atom. The number of aliphatic hydroxyl groups excluding tert-OH is 1. The normalized spacial score (nSPS) is 27.5. The summed E-state index contributed by atoms with van der Waals surface area (Å²) < 4.78 is 0. The van der Waals surface area contributed by atoms with Crippen LogP contribution in [0.5, 0.6) is 0 Å². The third-order valence-electron chi connectivity index (χ3n) is 4.88. The second-order valence-electron chi connectivity index (χ2n) is 5.98. The number of nitrogens with one attached hydrogen (secondary N) is 1. The highest BCUT2D eigenvalue weighted by molar-refractivity contribution is 6.03. The molecule has 21 heavy (non-hydrogen) atoms. The van der Waals surface area contributed by atoms with E-state index in [4.69, 9.17) is 0 Å². The number of aromatic amines is 1. The van der Waals surface area contributed by atoms with E-state index in [2.05, 4.69) is 20.2 Å². The highest BCUT2D eigenvalue weighted by Crippen LogP contribution is 2.42. The van der Waals surface area contributed by atoms with Gasteiger partial charge in [0.1, 0.15) is 5.65 Å². The molecule has 1 aliphatic heterocycles. The maximum absolute atomic E-state index is 10.5. The smallest absolute Gasteiger partial charge is 0.137 e. The quantitative estimate of drug-likeness (QED) is 0.887. The van der Waals surface area contributed by atoms with Crippen LogP contribution in [0.25, 0.3) is 11.0 Å². The van der Waals surface area contributed by atoms with Gasteiger partial charge in [0.25, 0.3) is 0 Å². The number of hydrogen-bond donors (Lipinski definition) is 2. The van der Waals surface area contributed by atoms with Gasteiger partial charge in [-0.05, 0) is 30.5 Å². The van der Waals surface area contributed by atoms with Crippen LogP contribution in [0.2, 0.25) is 0 Å². The van der Waals surface area contributed by atoms with Gasteiger partial charge in [0, 0.05) is 36.1 Å². The van der Waals surface area contributed by atoms with Crippen molar-refractivity contribution < 1.29 is 5.11 Å². The predicted octanol–water partition coefficient (Wildman–Crippen LogP) is 2.42. The van der Waals surface area contributed by atoms with Crippen molar-refractivity contribution in [1.82, 2.24) is 9.97 Å². The standard InChI is InChI=1S/C16H18N4O/c21-14-4-2-1-3-13(14)16(9-19-20-10-16)12-6-8-18-15-11(12)5-7-17-15/h5-10,13-14,21H,1-4H2,(H,17,18). The van der Waals surface area contributed by atoms with Crippen LogP contribution in [0.1, 0.15) is 31.2 Å². The molecular formula is C16H18N4O. The van der Waals surface area contributed by atoms with Crippen molar-refractivity contribution in [3.63, 3.8) is 0 Å². The first-order valence-electron chi connectivity index (χ1n) is 7.50. The summed E-state index contributed by atoms with van der Waals surface area (Å²) in [6.07, 6.45) is 11.3. The van der Waals surface area contributed by atoms with Gasteiger partial charge in [-0.2, -0.15) is 10.2 Å². The fraction of sp³-hybridized carbons (Fsp3) is 0.438. The molecule has 0 aromatic carbocycles. The Hall–Kier alpha value is -2.01. The number of nitrogens with zero attached hydrogens (tertiary/aromatic N) is 3. The summed E-state index contributed by atoms with van der Waals surface area (Å²) in [5, 5.41) is 19.8. The minimum Gasteiger partial charge on any atom is -0.393 e. The molecule has 2 aromatic rings. The number of hydrogen-bond acceptors (Lipinski definition) is 4. The van der Waals surface area contributed by atoms with Crippen molar-refractivity contribution in [1.29, 1.82) is 0 Å². The molecule has 108 valence electrons. The molecule has 3 heterocycles. The molecule has 4 rings (SSSR count). The zero-order valence-corrected chi connectivity index (χ0v) is 11.7. The monoisotopic (exact) mass is 282 g/mol. The zero-order valence-electron chi connectivity index (χ0n) is 11.7. The predicted molar refractivity (Wildman–Crippen MR) is 82.7 cm³/mol. The molecule has 5 nitrogen and oxygen atoms in total. The fourth-order valence-electron chi connectivity index (χ4n) is 3.83.